The number of hydrogen-bond donors (Lipinski definition) is 2. The summed E-state index contributed by atoms with van der Waals surface area (Å²) in [5, 5.41) is 4.81. The molecule has 0 aliphatic carbocycles. The number of aromatic nitrogens is 1. The van der Waals surface area contributed by atoms with Crippen LogP contribution in [-0.2, 0) is 14.8 Å². The van der Waals surface area contributed by atoms with E-state index in [9.17, 15) is 17.6 Å². The molecule has 0 unspecified atom stereocenters. The molecule has 2 N–H and O–H groups in total. The molecular formula is C19H16ClFN4O3S2. The van der Waals surface area contributed by atoms with Crippen LogP contribution in [0, 0.1) is 5.82 Å². The second-order valence-electron chi connectivity index (χ2n) is 6.54. The Morgan fingerprint density at radius 2 is 1.97 bits per heavy atom. The molecule has 0 radical (unpaired) electrons. The molecule has 1 aromatic heterocycles. The highest BCUT2D eigenvalue weighted by Gasteiger charge is 2.22. The zero-order valence-corrected chi connectivity index (χ0v) is 17.8. The Balaban J connectivity index is 1.53. The van der Waals surface area contributed by atoms with Gasteiger partial charge >= 0.3 is 0 Å². The standard InChI is InChI=1S/C19H16ClFN4O3S2/c20-15-9-14(5-6-16(15)25-8-7-22-17(26)10-25)24-30(27,28)18-11-29-19(23-18)12-1-3-13(21)4-2-12/h1-6,9,11,24H,7-8,10H2,(H,22,26). The van der Waals surface area contributed by atoms with Crippen LogP contribution in [0.1, 0.15) is 0 Å². The molecule has 30 heavy (non-hydrogen) atoms. The predicted octanol–water partition coefficient (Wildman–Crippen LogP) is 3.34. The maximum absolute atomic E-state index is 13.1. The van der Waals surface area contributed by atoms with E-state index >= 15 is 0 Å². The summed E-state index contributed by atoms with van der Waals surface area (Å²) in [5.41, 5.74) is 1.56. The van der Waals surface area contributed by atoms with Crippen molar-refractivity contribution >= 4 is 50.2 Å². The van der Waals surface area contributed by atoms with Crippen molar-refractivity contribution in [3.05, 3.63) is 58.7 Å². The van der Waals surface area contributed by atoms with Crippen LogP contribution in [0.5, 0.6) is 0 Å². The highest BCUT2D eigenvalue weighted by molar-refractivity contribution is 7.92. The molecule has 2 aromatic carbocycles. The lowest BCUT2D eigenvalue weighted by molar-refractivity contribution is -0.120. The number of sulfonamides is 1. The largest absolute Gasteiger partial charge is 0.359 e. The summed E-state index contributed by atoms with van der Waals surface area (Å²) >= 11 is 7.48. The third-order valence-electron chi connectivity index (χ3n) is 4.43. The number of rotatable bonds is 5. The molecule has 1 aliphatic rings. The molecule has 0 spiro atoms. The lowest BCUT2D eigenvalue weighted by Crippen LogP contribution is -2.47. The monoisotopic (exact) mass is 466 g/mol. The highest BCUT2D eigenvalue weighted by atomic mass is 35.5. The maximum Gasteiger partial charge on any atom is 0.280 e. The minimum absolute atomic E-state index is 0.0948. The van der Waals surface area contributed by atoms with E-state index in [1.807, 2.05) is 4.90 Å². The second-order valence-corrected chi connectivity index (χ2v) is 9.44. The lowest BCUT2D eigenvalue weighted by Gasteiger charge is -2.29. The normalized spacial score (nSPS) is 14.5. The lowest BCUT2D eigenvalue weighted by atomic mass is 10.2. The molecule has 3 aromatic rings. The molecule has 0 atom stereocenters. The van der Waals surface area contributed by atoms with E-state index in [2.05, 4.69) is 15.0 Å². The van der Waals surface area contributed by atoms with Crippen LogP contribution in [0.3, 0.4) is 0 Å². The predicted molar refractivity (Wildman–Crippen MR) is 115 cm³/mol. The van der Waals surface area contributed by atoms with Gasteiger partial charge < -0.3 is 10.2 Å². The van der Waals surface area contributed by atoms with E-state index < -0.39 is 10.0 Å². The van der Waals surface area contributed by atoms with Gasteiger partial charge in [-0.1, -0.05) is 11.6 Å². The summed E-state index contributed by atoms with van der Waals surface area (Å²) in [7, 11) is -3.93. The Morgan fingerprint density at radius 1 is 1.20 bits per heavy atom. The molecule has 1 amide bonds. The van der Waals surface area contributed by atoms with Crippen LogP contribution in [-0.4, -0.2) is 38.9 Å². The zero-order valence-electron chi connectivity index (χ0n) is 15.4. The second kappa shape index (κ2) is 8.21. The van der Waals surface area contributed by atoms with Crippen molar-refractivity contribution in [2.24, 2.45) is 0 Å². The van der Waals surface area contributed by atoms with Crippen molar-refractivity contribution in [2.75, 3.05) is 29.3 Å². The molecule has 4 rings (SSSR count). The van der Waals surface area contributed by atoms with Crippen LogP contribution in [0.25, 0.3) is 10.6 Å². The number of hydrogen-bond acceptors (Lipinski definition) is 6. The van der Waals surface area contributed by atoms with Crippen molar-refractivity contribution in [2.45, 2.75) is 5.03 Å². The van der Waals surface area contributed by atoms with Crippen LogP contribution in [0.4, 0.5) is 15.8 Å². The fraction of sp³-hybridized carbons (Fsp3) is 0.158. The molecule has 156 valence electrons. The summed E-state index contributed by atoms with van der Waals surface area (Å²) in [6, 6.07) is 10.4. The number of thiazole rings is 1. The van der Waals surface area contributed by atoms with E-state index in [4.69, 9.17) is 11.6 Å². The van der Waals surface area contributed by atoms with E-state index in [0.29, 0.717) is 34.4 Å². The number of carbonyl (C=O) groups excluding carboxylic acids is 1. The first-order valence-electron chi connectivity index (χ1n) is 8.87. The molecule has 1 aliphatic heterocycles. The van der Waals surface area contributed by atoms with Crippen LogP contribution >= 0.6 is 22.9 Å². The number of benzene rings is 2. The number of piperazine rings is 1. The van der Waals surface area contributed by atoms with Gasteiger partial charge in [-0.2, -0.15) is 8.42 Å². The average Bonchev–Trinajstić information content (AvgIpc) is 3.20. The summed E-state index contributed by atoms with van der Waals surface area (Å²) in [6.07, 6.45) is 0. The Morgan fingerprint density at radius 3 is 2.67 bits per heavy atom. The Labute approximate surface area is 181 Å². The van der Waals surface area contributed by atoms with Gasteiger partial charge in [-0.3, -0.25) is 9.52 Å². The zero-order chi connectivity index (χ0) is 21.3. The number of nitrogens with zero attached hydrogens (tertiary/aromatic N) is 2. The van der Waals surface area contributed by atoms with Gasteiger partial charge in [-0.15, -0.1) is 11.3 Å². The molecule has 7 nitrogen and oxygen atoms in total. The van der Waals surface area contributed by atoms with Gasteiger partial charge in [0.1, 0.15) is 10.8 Å². The number of amides is 1. The van der Waals surface area contributed by atoms with Crippen molar-refractivity contribution < 1.29 is 17.6 Å². The topological polar surface area (TPSA) is 91.4 Å². The van der Waals surface area contributed by atoms with Crippen LogP contribution in [0.2, 0.25) is 5.02 Å². The number of anilines is 2. The van der Waals surface area contributed by atoms with E-state index in [-0.39, 0.29) is 29.0 Å². The van der Waals surface area contributed by atoms with Gasteiger partial charge in [0.2, 0.25) is 5.91 Å². The minimum Gasteiger partial charge on any atom is -0.359 e. The first-order chi connectivity index (χ1) is 14.3. The summed E-state index contributed by atoms with van der Waals surface area (Å²) < 4.78 is 41.0. The fourth-order valence-corrected chi connectivity index (χ4v) is 5.44. The Hall–Kier alpha value is -2.69. The van der Waals surface area contributed by atoms with Gasteiger partial charge in [-0.05, 0) is 42.5 Å². The van der Waals surface area contributed by atoms with Gasteiger partial charge in [-0.25, -0.2) is 9.37 Å². The van der Waals surface area contributed by atoms with E-state index in [1.54, 1.807) is 12.1 Å². The number of nitrogens with one attached hydrogen (secondary N) is 2. The Kier molecular flexibility index (Phi) is 5.63. The van der Waals surface area contributed by atoms with Gasteiger partial charge in [0, 0.05) is 24.0 Å². The van der Waals surface area contributed by atoms with E-state index in [0.717, 1.165) is 11.3 Å². The van der Waals surface area contributed by atoms with Gasteiger partial charge in [0.05, 0.1) is 22.9 Å². The molecule has 1 saturated heterocycles. The third kappa shape index (κ3) is 4.40. The maximum atomic E-state index is 13.1. The molecule has 0 bridgehead atoms. The van der Waals surface area contributed by atoms with E-state index in [1.165, 1.54) is 35.7 Å². The highest BCUT2D eigenvalue weighted by Crippen LogP contribution is 2.31. The fourth-order valence-electron chi connectivity index (χ4n) is 2.99. The summed E-state index contributed by atoms with van der Waals surface area (Å²) in [5.74, 6) is -0.474. The van der Waals surface area contributed by atoms with Gasteiger partial charge in [0.25, 0.3) is 10.0 Å². The summed E-state index contributed by atoms with van der Waals surface area (Å²) in [6.45, 7) is 1.32. The minimum atomic E-state index is -3.93. The van der Waals surface area contributed by atoms with Crippen LogP contribution < -0.4 is 14.9 Å². The molecule has 11 heteroatoms. The first kappa shape index (κ1) is 20.6. The molecule has 0 saturated carbocycles. The SMILES string of the molecule is O=C1CN(c2ccc(NS(=O)(=O)c3csc(-c4ccc(F)cc4)n3)cc2Cl)CCN1. The molecule has 2 heterocycles. The van der Waals surface area contributed by atoms with Crippen molar-refractivity contribution in [3.63, 3.8) is 0 Å². The van der Waals surface area contributed by atoms with Crippen molar-refractivity contribution in [1.29, 1.82) is 0 Å². The third-order valence-corrected chi connectivity index (χ3v) is 7.04. The van der Waals surface area contributed by atoms with Gasteiger partial charge in [0.15, 0.2) is 5.03 Å². The van der Waals surface area contributed by atoms with Crippen molar-refractivity contribution in [3.8, 4) is 10.6 Å². The van der Waals surface area contributed by atoms with Crippen molar-refractivity contribution in [1.82, 2.24) is 10.3 Å². The average molecular weight is 467 g/mol. The number of carbonyl (C=O) groups is 1. The smallest absolute Gasteiger partial charge is 0.280 e. The van der Waals surface area contributed by atoms with Crippen LogP contribution in [0.15, 0.2) is 52.9 Å². The number of halogens is 2. The first-order valence-corrected chi connectivity index (χ1v) is 11.6. The molecule has 1 fully saturated rings. The Bertz CT molecular complexity index is 1200. The summed E-state index contributed by atoms with van der Waals surface area (Å²) in [4.78, 5) is 17.6. The molecular weight excluding hydrogens is 451 g/mol. The quantitative estimate of drug-likeness (QED) is 0.601.